The van der Waals surface area contributed by atoms with Crippen molar-refractivity contribution in [2.45, 2.75) is 64.3 Å². The van der Waals surface area contributed by atoms with Crippen LogP contribution in [0.2, 0.25) is 0 Å². The Labute approximate surface area is 189 Å². The fourth-order valence-electron chi connectivity index (χ4n) is 3.59. The lowest BCUT2D eigenvalue weighted by atomic mass is 9.91. The molecule has 2 aromatic rings. The number of rotatable bonds is 10. The third-order valence-electron chi connectivity index (χ3n) is 5.24. The molecule has 0 aliphatic rings. The lowest BCUT2D eigenvalue weighted by Gasteiger charge is -2.20. The average molecular weight is 462 g/mol. The number of aromatic hydroxyl groups is 2. The molecule has 0 fully saturated rings. The zero-order chi connectivity index (χ0) is 24.2. The molecule has 0 radical (unpaired) electrons. The van der Waals surface area contributed by atoms with Crippen LogP contribution < -0.4 is 4.72 Å². The van der Waals surface area contributed by atoms with E-state index < -0.39 is 32.7 Å². The standard InChI is InChI=1S/C24H31NO6S/c1-6-7-8-9-17-13-20(26)21(19-12-15(4)10-11-18(19)14(2)3)22(27)23(17)32(30,31)25-16(5)24(28)29/h10-13,16,25-27H,2,6-9H2,1,3-5H3,(H,28,29)/t16-/m0/s1. The third kappa shape index (κ3) is 5.49. The Balaban J connectivity index is 2.83. The van der Waals surface area contributed by atoms with Crippen LogP contribution in [-0.4, -0.2) is 35.7 Å². The predicted octanol–water partition coefficient (Wildman–Crippen LogP) is 4.59. The molecule has 0 saturated heterocycles. The number of carboxylic acids is 1. The van der Waals surface area contributed by atoms with Crippen molar-refractivity contribution >= 4 is 21.6 Å². The Morgan fingerprint density at radius 2 is 1.84 bits per heavy atom. The number of carboxylic acid groups (broad SMARTS) is 1. The molecule has 0 bridgehead atoms. The summed E-state index contributed by atoms with van der Waals surface area (Å²) in [6.07, 6.45) is 2.68. The summed E-state index contributed by atoms with van der Waals surface area (Å²) in [7, 11) is -4.41. The van der Waals surface area contributed by atoms with Crippen LogP contribution in [0.15, 0.2) is 35.7 Å². The van der Waals surface area contributed by atoms with Crippen LogP contribution in [0.4, 0.5) is 0 Å². The molecule has 0 saturated carbocycles. The first-order valence-electron chi connectivity index (χ1n) is 10.5. The average Bonchev–Trinajstić information content (AvgIpc) is 2.67. The van der Waals surface area contributed by atoms with Crippen molar-refractivity contribution in [1.82, 2.24) is 4.72 Å². The van der Waals surface area contributed by atoms with Crippen LogP contribution in [0, 0.1) is 6.92 Å². The summed E-state index contributed by atoms with van der Waals surface area (Å²) in [5.74, 6) is -2.22. The van der Waals surface area contributed by atoms with Gasteiger partial charge in [0.2, 0.25) is 10.0 Å². The van der Waals surface area contributed by atoms with Crippen molar-refractivity contribution in [1.29, 1.82) is 0 Å². The number of nitrogens with one attached hydrogen (secondary N) is 1. The Hall–Kier alpha value is -2.84. The zero-order valence-corrected chi connectivity index (χ0v) is 19.7. The van der Waals surface area contributed by atoms with Gasteiger partial charge in [-0.1, -0.05) is 55.7 Å². The number of carbonyl (C=O) groups is 1. The minimum absolute atomic E-state index is 0.0331. The summed E-state index contributed by atoms with van der Waals surface area (Å²) in [4.78, 5) is 10.8. The summed E-state index contributed by atoms with van der Waals surface area (Å²) in [6, 6.07) is 5.33. The summed E-state index contributed by atoms with van der Waals surface area (Å²) in [5.41, 5.74) is 2.80. The molecule has 174 valence electrons. The minimum Gasteiger partial charge on any atom is -0.507 e. The van der Waals surface area contributed by atoms with Gasteiger partial charge in [-0.15, -0.1) is 0 Å². The Bertz CT molecular complexity index is 1140. The molecule has 32 heavy (non-hydrogen) atoms. The van der Waals surface area contributed by atoms with Gasteiger partial charge < -0.3 is 15.3 Å². The van der Waals surface area contributed by atoms with Crippen LogP contribution in [0.1, 0.15) is 56.7 Å². The lowest BCUT2D eigenvalue weighted by molar-refractivity contribution is -0.138. The second kappa shape index (κ2) is 10.2. The molecule has 0 aliphatic carbocycles. The van der Waals surface area contributed by atoms with Gasteiger partial charge in [0.15, 0.2) is 0 Å². The number of hydrogen-bond donors (Lipinski definition) is 4. The van der Waals surface area contributed by atoms with Crippen molar-refractivity contribution in [2.24, 2.45) is 0 Å². The number of unbranched alkanes of at least 4 members (excludes halogenated alkanes) is 2. The van der Waals surface area contributed by atoms with Gasteiger partial charge in [0.25, 0.3) is 0 Å². The summed E-state index contributed by atoms with van der Waals surface area (Å²) in [5, 5.41) is 31.2. The molecular formula is C24H31NO6S. The van der Waals surface area contributed by atoms with Crippen LogP contribution in [-0.2, 0) is 21.2 Å². The number of phenols is 2. The molecule has 4 N–H and O–H groups in total. The van der Waals surface area contributed by atoms with E-state index in [-0.39, 0.29) is 16.9 Å². The molecule has 7 nitrogen and oxygen atoms in total. The van der Waals surface area contributed by atoms with Gasteiger partial charge in [-0.05, 0) is 56.4 Å². The van der Waals surface area contributed by atoms with Crippen LogP contribution in [0.25, 0.3) is 16.7 Å². The number of aryl methyl sites for hydroxylation is 2. The number of phenolic OH excluding ortho intramolecular Hbond substituents is 2. The highest BCUT2D eigenvalue weighted by Crippen LogP contribution is 2.46. The molecule has 2 rings (SSSR count). The van der Waals surface area contributed by atoms with Gasteiger partial charge in [-0.3, -0.25) is 4.79 Å². The van der Waals surface area contributed by atoms with Crippen molar-refractivity contribution in [2.75, 3.05) is 0 Å². The number of allylic oxidation sites excluding steroid dienone is 1. The van der Waals surface area contributed by atoms with Crippen LogP contribution in [0.5, 0.6) is 11.5 Å². The molecule has 0 amide bonds. The predicted molar refractivity (Wildman–Crippen MR) is 125 cm³/mol. The summed E-state index contributed by atoms with van der Waals surface area (Å²) in [6.45, 7) is 10.8. The normalized spacial score (nSPS) is 12.5. The molecule has 0 aromatic heterocycles. The Kier molecular flexibility index (Phi) is 8.09. The first-order chi connectivity index (χ1) is 14.9. The Morgan fingerprint density at radius 3 is 2.41 bits per heavy atom. The van der Waals surface area contributed by atoms with Gasteiger partial charge in [0, 0.05) is 0 Å². The molecule has 0 heterocycles. The van der Waals surface area contributed by atoms with Gasteiger partial charge in [0.1, 0.15) is 22.4 Å². The highest BCUT2D eigenvalue weighted by molar-refractivity contribution is 7.89. The monoisotopic (exact) mass is 461 g/mol. The molecule has 8 heteroatoms. The maximum absolute atomic E-state index is 13.2. The molecule has 0 unspecified atom stereocenters. The summed E-state index contributed by atoms with van der Waals surface area (Å²) < 4.78 is 28.4. The number of hydrogen-bond acceptors (Lipinski definition) is 5. The van der Waals surface area contributed by atoms with E-state index in [1.807, 2.05) is 19.9 Å². The zero-order valence-electron chi connectivity index (χ0n) is 18.9. The van der Waals surface area contributed by atoms with E-state index in [9.17, 15) is 23.4 Å². The number of sulfonamides is 1. The second-order valence-electron chi connectivity index (χ2n) is 8.08. The van der Waals surface area contributed by atoms with E-state index in [1.165, 1.54) is 13.0 Å². The van der Waals surface area contributed by atoms with Crippen LogP contribution in [0.3, 0.4) is 0 Å². The highest BCUT2D eigenvalue weighted by Gasteiger charge is 2.31. The third-order valence-corrected chi connectivity index (χ3v) is 6.89. The largest absolute Gasteiger partial charge is 0.507 e. The highest BCUT2D eigenvalue weighted by atomic mass is 32.2. The quantitative estimate of drug-likeness (QED) is 0.384. The van der Waals surface area contributed by atoms with E-state index >= 15 is 0 Å². The topological polar surface area (TPSA) is 124 Å². The van der Waals surface area contributed by atoms with Gasteiger partial charge in [0.05, 0.1) is 5.56 Å². The van der Waals surface area contributed by atoms with Gasteiger partial charge in [-0.25, -0.2) is 8.42 Å². The minimum atomic E-state index is -4.41. The molecular weight excluding hydrogens is 430 g/mol. The summed E-state index contributed by atoms with van der Waals surface area (Å²) >= 11 is 0. The maximum Gasteiger partial charge on any atom is 0.321 e. The van der Waals surface area contributed by atoms with E-state index in [0.29, 0.717) is 29.5 Å². The van der Waals surface area contributed by atoms with E-state index in [1.54, 1.807) is 19.1 Å². The van der Waals surface area contributed by atoms with Crippen molar-refractivity contribution in [3.63, 3.8) is 0 Å². The lowest BCUT2D eigenvalue weighted by Crippen LogP contribution is -2.38. The number of aliphatic carboxylic acids is 1. The fourth-order valence-corrected chi connectivity index (χ4v) is 5.13. The van der Waals surface area contributed by atoms with Crippen molar-refractivity contribution < 1.29 is 28.5 Å². The smallest absolute Gasteiger partial charge is 0.321 e. The SMILES string of the molecule is C=C(C)c1ccc(C)cc1-c1c(O)cc(CCCCC)c(S(=O)(=O)N[C@@H](C)C(=O)O)c1O. The number of benzene rings is 2. The molecule has 2 aromatic carbocycles. The fraction of sp³-hybridized carbons (Fsp3) is 0.375. The van der Waals surface area contributed by atoms with E-state index in [2.05, 4.69) is 11.3 Å². The first kappa shape index (κ1) is 25.4. The van der Waals surface area contributed by atoms with Gasteiger partial charge in [-0.2, -0.15) is 4.72 Å². The maximum atomic E-state index is 13.2. The first-order valence-corrected chi connectivity index (χ1v) is 12.0. The van der Waals surface area contributed by atoms with E-state index in [4.69, 9.17) is 5.11 Å². The molecule has 0 aliphatic heterocycles. The molecule has 0 spiro atoms. The van der Waals surface area contributed by atoms with Crippen LogP contribution >= 0.6 is 0 Å². The molecule has 1 atom stereocenters. The van der Waals surface area contributed by atoms with Crippen molar-refractivity contribution in [3.05, 3.63) is 47.5 Å². The van der Waals surface area contributed by atoms with Gasteiger partial charge >= 0.3 is 5.97 Å². The van der Waals surface area contributed by atoms with Crippen molar-refractivity contribution in [3.8, 4) is 22.6 Å². The Morgan fingerprint density at radius 1 is 1.19 bits per heavy atom. The van der Waals surface area contributed by atoms with E-state index in [0.717, 1.165) is 18.4 Å². The second-order valence-corrected chi connectivity index (χ2v) is 9.73.